The van der Waals surface area contributed by atoms with Crippen molar-refractivity contribution in [2.24, 2.45) is 0 Å². The second-order valence-electron chi connectivity index (χ2n) is 5.58. The number of non-ortho nitro benzene ring substituents is 1. The van der Waals surface area contributed by atoms with Crippen molar-refractivity contribution in [2.45, 2.75) is 19.6 Å². The largest absolute Gasteiger partial charge is 0.494 e. The van der Waals surface area contributed by atoms with Crippen LogP contribution in [0.3, 0.4) is 0 Å². The van der Waals surface area contributed by atoms with Crippen molar-refractivity contribution in [1.29, 1.82) is 0 Å². The highest BCUT2D eigenvalue weighted by atomic mass is 19.1. The smallest absolute Gasteiger partial charge is 0.328 e. The summed E-state index contributed by atoms with van der Waals surface area (Å²) >= 11 is 0. The maximum Gasteiger partial charge on any atom is 0.328 e. The molecule has 1 N–H and O–H groups in total. The summed E-state index contributed by atoms with van der Waals surface area (Å²) in [6.45, 7) is 1.23. The van der Waals surface area contributed by atoms with Crippen LogP contribution in [0, 0.1) is 15.9 Å². The van der Waals surface area contributed by atoms with Crippen LogP contribution in [-0.4, -0.2) is 30.0 Å². The van der Waals surface area contributed by atoms with Gasteiger partial charge in [0, 0.05) is 17.7 Å². The third kappa shape index (κ3) is 5.24. The Kier molecular flexibility index (Phi) is 6.42. The number of benzene rings is 2. The molecule has 1 unspecified atom stereocenters. The van der Waals surface area contributed by atoms with Crippen molar-refractivity contribution in [3.63, 3.8) is 0 Å². The van der Waals surface area contributed by atoms with Crippen LogP contribution < -0.4 is 10.1 Å². The van der Waals surface area contributed by atoms with E-state index in [1.165, 1.54) is 44.4 Å². The molecular weight excluding hydrogens is 359 g/mol. The number of ether oxygens (including phenoxy) is 2. The van der Waals surface area contributed by atoms with Crippen molar-refractivity contribution >= 4 is 17.6 Å². The normalized spacial score (nSPS) is 11.4. The minimum Gasteiger partial charge on any atom is -0.494 e. The van der Waals surface area contributed by atoms with E-state index in [0.717, 1.165) is 6.07 Å². The van der Waals surface area contributed by atoms with E-state index in [9.17, 15) is 24.1 Å². The fraction of sp³-hybridized carbons (Fsp3) is 0.222. The molecule has 0 aliphatic carbocycles. The Morgan fingerprint density at radius 2 is 2.00 bits per heavy atom. The van der Waals surface area contributed by atoms with Gasteiger partial charge in [-0.15, -0.1) is 0 Å². The number of amides is 1. The molecule has 0 bridgehead atoms. The van der Waals surface area contributed by atoms with E-state index in [1.807, 2.05) is 0 Å². The quantitative estimate of drug-likeness (QED) is 0.452. The van der Waals surface area contributed by atoms with Gasteiger partial charge >= 0.3 is 5.97 Å². The number of nitrogens with zero attached hydrogens (tertiary/aromatic N) is 1. The van der Waals surface area contributed by atoms with E-state index >= 15 is 0 Å². The number of carbonyl (C=O) groups is 2. The summed E-state index contributed by atoms with van der Waals surface area (Å²) in [4.78, 5) is 34.3. The highest BCUT2D eigenvalue weighted by Gasteiger charge is 2.19. The number of rotatable bonds is 7. The van der Waals surface area contributed by atoms with Crippen molar-refractivity contribution in [1.82, 2.24) is 5.32 Å². The number of halogens is 1. The summed E-state index contributed by atoms with van der Waals surface area (Å²) in [5, 5.41) is 13.2. The number of hydrogen-bond donors (Lipinski definition) is 1. The number of carbonyl (C=O) groups excluding carboxylic acids is 2. The van der Waals surface area contributed by atoms with Crippen LogP contribution in [0.2, 0.25) is 0 Å². The summed E-state index contributed by atoms with van der Waals surface area (Å²) < 4.78 is 23.5. The number of nitro groups is 1. The van der Waals surface area contributed by atoms with E-state index in [-0.39, 0.29) is 23.6 Å². The molecule has 0 saturated heterocycles. The van der Waals surface area contributed by atoms with Crippen molar-refractivity contribution < 1.29 is 28.4 Å². The van der Waals surface area contributed by atoms with Crippen LogP contribution >= 0.6 is 0 Å². The van der Waals surface area contributed by atoms with Gasteiger partial charge in [-0.05, 0) is 30.7 Å². The average molecular weight is 376 g/mol. The first-order valence-electron chi connectivity index (χ1n) is 7.86. The van der Waals surface area contributed by atoms with E-state index in [4.69, 9.17) is 9.47 Å². The van der Waals surface area contributed by atoms with Gasteiger partial charge in [0.2, 0.25) is 0 Å². The van der Waals surface area contributed by atoms with Gasteiger partial charge < -0.3 is 14.8 Å². The second kappa shape index (κ2) is 8.75. The van der Waals surface area contributed by atoms with Crippen LogP contribution in [0.5, 0.6) is 5.75 Å². The fourth-order valence-corrected chi connectivity index (χ4v) is 2.18. The number of esters is 1. The van der Waals surface area contributed by atoms with Crippen LogP contribution in [0.25, 0.3) is 0 Å². The van der Waals surface area contributed by atoms with Gasteiger partial charge in [0.1, 0.15) is 12.6 Å². The predicted molar refractivity (Wildman–Crippen MR) is 92.8 cm³/mol. The van der Waals surface area contributed by atoms with Gasteiger partial charge in [-0.25, -0.2) is 9.18 Å². The Morgan fingerprint density at radius 3 is 2.63 bits per heavy atom. The molecule has 8 nitrogen and oxygen atoms in total. The summed E-state index contributed by atoms with van der Waals surface area (Å²) in [7, 11) is 1.34. The van der Waals surface area contributed by atoms with Gasteiger partial charge in [0.05, 0.1) is 12.0 Å². The molecule has 0 radical (unpaired) electrons. The van der Waals surface area contributed by atoms with Gasteiger partial charge in [-0.1, -0.05) is 12.1 Å². The van der Waals surface area contributed by atoms with Gasteiger partial charge in [0.25, 0.3) is 11.6 Å². The lowest BCUT2D eigenvalue weighted by molar-refractivity contribution is -0.384. The van der Waals surface area contributed by atoms with E-state index in [0.29, 0.717) is 5.56 Å². The van der Waals surface area contributed by atoms with E-state index in [1.54, 1.807) is 6.07 Å². The Balaban J connectivity index is 1.93. The molecule has 0 fully saturated rings. The highest BCUT2D eigenvalue weighted by Crippen LogP contribution is 2.18. The Labute approximate surface area is 154 Å². The number of nitrogens with one attached hydrogen (secondary N) is 1. The lowest BCUT2D eigenvalue weighted by Crippen LogP contribution is -2.39. The molecule has 0 saturated carbocycles. The van der Waals surface area contributed by atoms with Crippen LogP contribution in [-0.2, 0) is 16.1 Å². The highest BCUT2D eigenvalue weighted by molar-refractivity contribution is 5.97. The first-order chi connectivity index (χ1) is 12.8. The van der Waals surface area contributed by atoms with Crippen molar-refractivity contribution in [2.75, 3.05) is 7.11 Å². The van der Waals surface area contributed by atoms with Gasteiger partial charge in [0.15, 0.2) is 11.6 Å². The third-order valence-corrected chi connectivity index (χ3v) is 3.62. The van der Waals surface area contributed by atoms with Crippen molar-refractivity contribution in [3.05, 3.63) is 69.5 Å². The first kappa shape index (κ1) is 19.8. The molecule has 0 spiro atoms. The Hall–Kier alpha value is -3.49. The molecule has 9 heteroatoms. The minimum absolute atomic E-state index is 0.0427. The lowest BCUT2D eigenvalue weighted by atomic mass is 10.2. The topological polar surface area (TPSA) is 108 Å². The summed E-state index contributed by atoms with van der Waals surface area (Å²) in [5.41, 5.74) is 0.222. The third-order valence-electron chi connectivity index (χ3n) is 3.62. The predicted octanol–water partition coefficient (Wildman–Crippen LogP) is 2.60. The molecule has 27 heavy (non-hydrogen) atoms. The van der Waals surface area contributed by atoms with Crippen LogP contribution in [0.15, 0.2) is 42.5 Å². The molecule has 142 valence electrons. The lowest BCUT2D eigenvalue weighted by Gasteiger charge is -2.14. The maximum absolute atomic E-state index is 13.6. The molecule has 0 heterocycles. The molecule has 1 amide bonds. The van der Waals surface area contributed by atoms with Gasteiger partial charge in [-0.2, -0.15) is 0 Å². The molecule has 2 aromatic carbocycles. The zero-order valence-electron chi connectivity index (χ0n) is 14.6. The minimum atomic E-state index is -1.00. The monoisotopic (exact) mass is 376 g/mol. The zero-order chi connectivity index (χ0) is 20.0. The van der Waals surface area contributed by atoms with Crippen LogP contribution in [0.4, 0.5) is 10.1 Å². The Bertz CT molecular complexity index is 871. The van der Waals surface area contributed by atoms with E-state index in [2.05, 4.69) is 5.32 Å². The van der Waals surface area contributed by atoms with Gasteiger partial charge in [-0.3, -0.25) is 14.9 Å². The number of hydrogen-bond acceptors (Lipinski definition) is 6. The number of nitro benzene ring substituents is 1. The first-order valence-corrected chi connectivity index (χ1v) is 7.86. The van der Waals surface area contributed by atoms with Crippen molar-refractivity contribution in [3.8, 4) is 5.75 Å². The standard InChI is InChI=1S/C18H17FN2O6/c1-11(20-17(22)13-4-3-5-14(9-13)21(24)25)18(23)27-10-12-6-7-16(26-2)15(19)8-12/h3-9,11H,10H2,1-2H3,(H,20,22). The van der Waals surface area contributed by atoms with Crippen LogP contribution in [0.1, 0.15) is 22.8 Å². The average Bonchev–Trinajstić information content (AvgIpc) is 2.66. The molecule has 0 aliphatic rings. The molecule has 0 aliphatic heterocycles. The molecule has 2 aromatic rings. The maximum atomic E-state index is 13.6. The summed E-state index contributed by atoms with van der Waals surface area (Å²) in [5.74, 6) is -1.90. The molecule has 1 atom stereocenters. The zero-order valence-corrected chi connectivity index (χ0v) is 14.6. The SMILES string of the molecule is COc1ccc(COC(=O)C(C)NC(=O)c2cccc([N+](=O)[O-])c2)cc1F. The second-order valence-corrected chi connectivity index (χ2v) is 5.58. The Morgan fingerprint density at radius 1 is 1.26 bits per heavy atom. The molecule has 2 rings (SSSR count). The summed E-state index contributed by atoms with van der Waals surface area (Å²) in [6, 6.07) is 8.25. The van der Waals surface area contributed by atoms with E-state index < -0.39 is 28.7 Å². The molecular formula is C18H17FN2O6. The fourth-order valence-electron chi connectivity index (χ4n) is 2.18. The summed E-state index contributed by atoms with van der Waals surface area (Å²) in [6.07, 6.45) is 0. The molecule has 0 aromatic heterocycles. The number of methoxy groups -OCH3 is 1.